The lowest BCUT2D eigenvalue weighted by Crippen LogP contribution is -2.34. The molecule has 0 aliphatic carbocycles. The fourth-order valence-corrected chi connectivity index (χ4v) is 3.82. The fourth-order valence-electron chi connectivity index (χ4n) is 2.21. The highest BCUT2D eigenvalue weighted by molar-refractivity contribution is 7.98. The van der Waals surface area contributed by atoms with Crippen LogP contribution in [0.15, 0.2) is 11.4 Å². The van der Waals surface area contributed by atoms with Gasteiger partial charge in [-0.05, 0) is 31.0 Å². The topological polar surface area (TPSA) is 41.1 Å². The summed E-state index contributed by atoms with van der Waals surface area (Å²) in [5.41, 5.74) is 0. The highest BCUT2D eigenvalue weighted by Gasteiger charge is 2.18. The molecule has 0 fully saturated rings. The Labute approximate surface area is 129 Å². The summed E-state index contributed by atoms with van der Waals surface area (Å²) in [4.78, 5) is 12.6. The minimum Gasteiger partial charge on any atom is -0.355 e. The van der Waals surface area contributed by atoms with Crippen LogP contribution in [0.25, 0.3) is 10.2 Å². The second-order valence-corrected chi connectivity index (χ2v) is 6.47. The van der Waals surface area contributed by atoms with E-state index < -0.39 is 0 Å². The first kappa shape index (κ1) is 15.4. The van der Waals surface area contributed by atoms with Crippen molar-refractivity contribution < 1.29 is 0 Å². The molecule has 20 heavy (non-hydrogen) atoms. The van der Waals surface area contributed by atoms with Crippen LogP contribution in [-0.2, 0) is 0 Å². The maximum absolute atomic E-state index is 4.71. The van der Waals surface area contributed by atoms with Crippen molar-refractivity contribution in [3.05, 3.63) is 11.4 Å². The Kier molecular flexibility index (Phi) is 5.48. The molecule has 0 saturated heterocycles. The molecule has 0 aliphatic heterocycles. The first-order valence-corrected chi connectivity index (χ1v) is 9.19. The number of nitrogens with one attached hydrogen (secondary N) is 1. The summed E-state index contributed by atoms with van der Waals surface area (Å²) in [5.74, 6) is 2.87. The maximum atomic E-state index is 4.71. The first-order chi connectivity index (χ1) is 9.71. The molecule has 0 spiro atoms. The monoisotopic (exact) mass is 310 g/mol. The Balaban J connectivity index is 2.42. The number of rotatable bonds is 7. The van der Waals surface area contributed by atoms with E-state index in [1.54, 1.807) is 11.3 Å². The van der Waals surface area contributed by atoms with E-state index in [4.69, 9.17) is 4.98 Å². The molecule has 0 aliphatic rings. The van der Waals surface area contributed by atoms with Gasteiger partial charge in [0, 0.05) is 25.4 Å². The number of fused-ring (bicyclic) bond motifs is 1. The summed E-state index contributed by atoms with van der Waals surface area (Å²) in [6.45, 7) is 5.13. The SMILES string of the molecule is CCNc1nc(N(C)C(CC)CSC)c2ccsc2n1. The van der Waals surface area contributed by atoms with Crippen molar-refractivity contribution in [2.45, 2.75) is 26.3 Å². The van der Waals surface area contributed by atoms with Crippen LogP contribution in [-0.4, -0.2) is 41.6 Å². The number of aromatic nitrogens is 2. The third-order valence-electron chi connectivity index (χ3n) is 3.35. The van der Waals surface area contributed by atoms with E-state index in [0.717, 1.165) is 40.7 Å². The van der Waals surface area contributed by atoms with Gasteiger partial charge in [0.2, 0.25) is 5.95 Å². The molecule has 2 aromatic heterocycles. The lowest BCUT2D eigenvalue weighted by molar-refractivity contribution is 0.668. The van der Waals surface area contributed by atoms with Gasteiger partial charge in [-0.1, -0.05) is 6.92 Å². The van der Waals surface area contributed by atoms with Crippen molar-refractivity contribution in [1.29, 1.82) is 0 Å². The molecule has 110 valence electrons. The van der Waals surface area contributed by atoms with Crippen molar-refractivity contribution >= 4 is 45.1 Å². The average molecular weight is 310 g/mol. The number of hydrogen-bond donors (Lipinski definition) is 1. The van der Waals surface area contributed by atoms with Crippen molar-refractivity contribution in [3.63, 3.8) is 0 Å². The number of thioether (sulfide) groups is 1. The van der Waals surface area contributed by atoms with Crippen LogP contribution >= 0.6 is 23.1 Å². The van der Waals surface area contributed by atoms with Gasteiger partial charge < -0.3 is 10.2 Å². The summed E-state index contributed by atoms with van der Waals surface area (Å²) in [7, 11) is 2.14. The molecule has 0 bridgehead atoms. The Morgan fingerprint density at radius 1 is 1.40 bits per heavy atom. The second kappa shape index (κ2) is 7.13. The zero-order valence-electron chi connectivity index (χ0n) is 12.5. The molecule has 0 amide bonds. The van der Waals surface area contributed by atoms with Crippen LogP contribution in [0.2, 0.25) is 0 Å². The molecule has 1 atom stereocenters. The van der Waals surface area contributed by atoms with Crippen LogP contribution in [0.3, 0.4) is 0 Å². The summed E-state index contributed by atoms with van der Waals surface area (Å²) < 4.78 is 0. The lowest BCUT2D eigenvalue weighted by Gasteiger charge is -2.28. The maximum Gasteiger partial charge on any atom is 0.226 e. The number of hydrogen-bond acceptors (Lipinski definition) is 6. The van der Waals surface area contributed by atoms with Crippen LogP contribution in [0.4, 0.5) is 11.8 Å². The molecule has 6 heteroatoms. The normalized spacial score (nSPS) is 12.6. The fraction of sp³-hybridized carbons (Fsp3) is 0.571. The third kappa shape index (κ3) is 3.17. The molecule has 2 heterocycles. The molecule has 2 rings (SSSR count). The minimum atomic E-state index is 0.498. The van der Waals surface area contributed by atoms with E-state index in [0.29, 0.717) is 6.04 Å². The lowest BCUT2D eigenvalue weighted by atomic mass is 10.2. The van der Waals surface area contributed by atoms with E-state index >= 15 is 0 Å². The Morgan fingerprint density at radius 3 is 2.85 bits per heavy atom. The van der Waals surface area contributed by atoms with Crippen LogP contribution in [0.1, 0.15) is 20.3 Å². The standard InChI is InChI=1S/C14H22N4S2/c1-5-10(9-19-4)18(3)12-11-7-8-20-13(11)17-14(16-12)15-6-2/h7-8,10H,5-6,9H2,1-4H3,(H,15,16,17). The largest absolute Gasteiger partial charge is 0.355 e. The third-order valence-corrected chi connectivity index (χ3v) is 4.88. The molecule has 1 unspecified atom stereocenters. The molecule has 0 saturated carbocycles. The average Bonchev–Trinajstić information content (AvgIpc) is 2.91. The van der Waals surface area contributed by atoms with Crippen molar-refractivity contribution in [2.75, 3.05) is 35.8 Å². The van der Waals surface area contributed by atoms with Crippen molar-refractivity contribution in [3.8, 4) is 0 Å². The van der Waals surface area contributed by atoms with Gasteiger partial charge >= 0.3 is 0 Å². The van der Waals surface area contributed by atoms with E-state index in [1.807, 2.05) is 11.8 Å². The molecule has 0 radical (unpaired) electrons. The zero-order chi connectivity index (χ0) is 14.5. The van der Waals surface area contributed by atoms with Gasteiger partial charge in [0.1, 0.15) is 10.6 Å². The first-order valence-electron chi connectivity index (χ1n) is 6.92. The summed E-state index contributed by atoms with van der Waals surface area (Å²) in [6, 6.07) is 2.62. The zero-order valence-corrected chi connectivity index (χ0v) is 14.1. The Bertz CT molecular complexity index is 555. The van der Waals surface area contributed by atoms with Gasteiger partial charge in [0.15, 0.2) is 0 Å². The van der Waals surface area contributed by atoms with Crippen molar-refractivity contribution in [2.24, 2.45) is 0 Å². The Morgan fingerprint density at radius 2 is 2.20 bits per heavy atom. The highest BCUT2D eigenvalue weighted by atomic mass is 32.2. The molecule has 1 N–H and O–H groups in total. The molecular formula is C14H22N4S2. The number of nitrogens with zero attached hydrogens (tertiary/aromatic N) is 3. The molecule has 2 aromatic rings. The van der Waals surface area contributed by atoms with E-state index in [9.17, 15) is 0 Å². The Hall–Kier alpha value is -1.01. The summed E-state index contributed by atoms with van der Waals surface area (Å²) >= 11 is 3.55. The molecule has 4 nitrogen and oxygen atoms in total. The van der Waals surface area contributed by atoms with Crippen LogP contribution in [0, 0.1) is 0 Å². The number of anilines is 2. The van der Waals surface area contributed by atoms with Crippen molar-refractivity contribution in [1.82, 2.24) is 9.97 Å². The minimum absolute atomic E-state index is 0.498. The quantitative estimate of drug-likeness (QED) is 0.844. The van der Waals surface area contributed by atoms with Gasteiger partial charge in [-0.2, -0.15) is 16.7 Å². The van der Waals surface area contributed by atoms with Crippen LogP contribution in [0.5, 0.6) is 0 Å². The smallest absolute Gasteiger partial charge is 0.226 e. The predicted molar refractivity (Wildman–Crippen MR) is 92.4 cm³/mol. The molecular weight excluding hydrogens is 288 g/mol. The van der Waals surface area contributed by atoms with E-state index in [1.165, 1.54) is 0 Å². The second-order valence-electron chi connectivity index (χ2n) is 4.67. The van der Waals surface area contributed by atoms with Gasteiger partial charge in [-0.15, -0.1) is 11.3 Å². The summed E-state index contributed by atoms with van der Waals surface area (Å²) in [6.07, 6.45) is 3.27. The molecule has 0 aromatic carbocycles. The number of thiophene rings is 1. The van der Waals surface area contributed by atoms with Gasteiger partial charge in [0.25, 0.3) is 0 Å². The highest BCUT2D eigenvalue weighted by Crippen LogP contribution is 2.30. The van der Waals surface area contributed by atoms with Gasteiger partial charge in [0.05, 0.1) is 5.39 Å². The van der Waals surface area contributed by atoms with Gasteiger partial charge in [-0.3, -0.25) is 0 Å². The van der Waals surface area contributed by atoms with E-state index in [2.05, 4.69) is 53.8 Å². The van der Waals surface area contributed by atoms with Crippen LogP contribution < -0.4 is 10.2 Å². The van der Waals surface area contributed by atoms with E-state index in [-0.39, 0.29) is 0 Å². The van der Waals surface area contributed by atoms with Gasteiger partial charge in [-0.25, -0.2) is 4.98 Å². The predicted octanol–water partition coefficient (Wildman–Crippen LogP) is 3.70. The summed E-state index contributed by atoms with van der Waals surface area (Å²) in [5, 5.41) is 6.46.